The van der Waals surface area contributed by atoms with Gasteiger partial charge >= 0.3 is 11.6 Å². The lowest BCUT2D eigenvalue weighted by Gasteiger charge is -2.23. The van der Waals surface area contributed by atoms with Crippen molar-refractivity contribution in [1.82, 2.24) is 0 Å². The molecule has 0 amide bonds. The van der Waals surface area contributed by atoms with Crippen LogP contribution in [0.2, 0.25) is 0 Å². The van der Waals surface area contributed by atoms with E-state index in [1.807, 2.05) is 61.3 Å². The molecule has 1 aliphatic carbocycles. The van der Waals surface area contributed by atoms with Crippen LogP contribution in [-0.2, 0) is 4.79 Å². The van der Waals surface area contributed by atoms with E-state index < -0.39 is 17.0 Å². The molecule has 3 aromatic rings. The number of aryl methyl sites for hydroxylation is 1. The van der Waals surface area contributed by atoms with Gasteiger partial charge in [-0.2, -0.15) is 0 Å². The fourth-order valence-electron chi connectivity index (χ4n) is 3.62. The number of fused-ring (bicyclic) bond motifs is 1. The van der Waals surface area contributed by atoms with Crippen molar-refractivity contribution in [1.29, 1.82) is 0 Å². The van der Waals surface area contributed by atoms with Crippen LogP contribution in [-0.4, -0.2) is 24.7 Å². The summed E-state index contributed by atoms with van der Waals surface area (Å²) in [5, 5.41) is 10.3. The Morgan fingerprint density at radius 3 is 2.56 bits per heavy atom. The van der Waals surface area contributed by atoms with Gasteiger partial charge in [0.15, 0.2) is 0 Å². The summed E-state index contributed by atoms with van der Waals surface area (Å²) in [7, 11) is 1.87. The van der Waals surface area contributed by atoms with E-state index in [0.29, 0.717) is 25.0 Å². The molecule has 0 spiro atoms. The van der Waals surface area contributed by atoms with Crippen molar-refractivity contribution < 1.29 is 14.3 Å². The predicted molar refractivity (Wildman–Crippen MR) is 105 cm³/mol. The summed E-state index contributed by atoms with van der Waals surface area (Å²) in [6, 6.07) is 15.1. The summed E-state index contributed by atoms with van der Waals surface area (Å²) in [6.45, 7) is 2.45. The van der Waals surface area contributed by atoms with Gasteiger partial charge in [-0.25, -0.2) is 4.79 Å². The molecule has 0 aliphatic heterocycles. The van der Waals surface area contributed by atoms with E-state index in [1.165, 1.54) is 6.07 Å². The second-order valence-electron chi connectivity index (χ2n) is 7.42. The van der Waals surface area contributed by atoms with Crippen LogP contribution in [0.1, 0.15) is 18.4 Å². The number of hydrogen-bond donors (Lipinski definition) is 1. The van der Waals surface area contributed by atoms with Gasteiger partial charge in [0.25, 0.3) is 0 Å². The summed E-state index contributed by atoms with van der Waals surface area (Å²) < 4.78 is 5.45. The second kappa shape index (κ2) is 6.27. The average Bonchev–Trinajstić information content (AvgIpc) is 3.42. The Morgan fingerprint density at radius 2 is 1.89 bits per heavy atom. The van der Waals surface area contributed by atoms with Gasteiger partial charge in [-0.05, 0) is 43.0 Å². The lowest BCUT2D eigenvalue weighted by atomic mass is 9.97. The Kier molecular flexibility index (Phi) is 4.02. The van der Waals surface area contributed by atoms with E-state index >= 15 is 0 Å². The molecule has 1 N–H and O–H groups in total. The molecule has 0 bridgehead atoms. The van der Waals surface area contributed by atoms with Crippen molar-refractivity contribution in [2.45, 2.75) is 19.8 Å². The van der Waals surface area contributed by atoms with Crippen LogP contribution >= 0.6 is 0 Å². The van der Waals surface area contributed by atoms with Crippen LogP contribution in [0, 0.1) is 12.3 Å². The zero-order valence-electron chi connectivity index (χ0n) is 15.4. The van der Waals surface area contributed by atoms with Crippen LogP contribution in [0.4, 0.5) is 5.69 Å². The highest BCUT2D eigenvalue weighted by molar-refractivity contribution is 5.95. The van der Waals surface area contributed by atoms with Crippen molar-refractivity contribution in [2.75, 3.05) is 18.5 Å². The summed E-state index contributed by atoms with van der Waals surface area (Å²) in [4.78, 5) is 25.5. The number of carboxylic acids is 1. The van der Waals surface area contributed by atoms with Crippen molar-refractivity contribution in [3.63, 3.8) is 0 Å². The number of carbonyl (C=O) groups is 1. The second-order valence-corrected chi connectivity index (χ2v) is 7.42. The SMILES string of the molecule is Cc1ccccc1-c1cc(=O)oc2cc(N(C)CC3(C(=O)O)CC3)ccc12. The van der Waals surface area contributed by atoms with Crippen LogP contribution in [0.25, 0.3) is 22.1 Å². The molecule has 1 fully saturated rings. The molecule has 5 heteroatoms. The Morgan fingerprint density at radius 1 is 1.15 bits per heavy atom. The minimum atomic E-state index is -0.747. The molecule has 2 aromatic carbocycles. The molecule has 1 aliphatic rings. The largest absolute Gasteiger partial charge is 0.481 e. The van der Waals surface area contributed by atoms with E-state index in [2.05, 4.69) is 0 Å². The monoisotopic (exact) mass is 363 g/mol. The van der Waals surface area contributed by atoms with Crippen LogP contribution in [0.15, 0.2) is 57.7 Å². The summed E-state index contributed by atoms with van der Waals surface area (Å²) in [5.41, 5.74) is 3.23. The van der Waals surface area contributed by atoms with E-state index in [4.69, 9.17) is 4.42 Å². The molecular formula is C22H21NO4. The smallest absolute Gasteiger partial charge is 0.336 e. The molecule has 0 unspecified atom stereocenters. The molecule has 1 heterocycles. The molecule has 0 saturated heterocycles. The van der Waals surface area contributed by atoms with Gasteiger partial charge in [0.05, 0.1) is 5.41 Å². The highest BCUT2D eigenvalue weighted by atomic mass is 16.4. The van der Waals surface area contributed by atoms with Gasteiger partial charge in [-0.15, -0.1) is 0 Å². The van der Waals surface area contributed by atoms with E-state index in [1.54, 1.807) is 0 Å². The highest BCUT2D eigenvalue weighted by Gasteiger charge is 2.50. The molecular weight excluding hydrogens is 342 g/mol. The fraction of sp³-hybridized carbons (Fsp3) is 0.273. The molecule has 5 nitrogen and oxygen atoms in total. The maximum atomic E-state index is 12.1. The zero-order chi connectivity index (χ0) is 19.2. The molecule has 4 rings (SSSR count). The summed E-state index contributed by atoms with van der Waals surface area (Å²) in [6.07, 6.45) is 1.40. The minimum Gasteiger partial charge on any atom is -0.481 e. The lowest BCUT2D eigenvalue weighted by molar-refractivity contribution is -0.142. The first-order chi connectivity index (χ1) is 12.9. The third-order valence-corrected chi connectivity index (χ3v) is 5.45. The standard InChI is InChI=1S/C22H21NO4/c1-14-5-3-4-6-16(14)18-12-20(24)27-19-11-15(7-8-17(18)19)23(2)13-22(9-10-22)21(25)26/h3-8,11-12H,9-10,13H2,1-2H3,(H,25,26). The van der Waals surface area contributed by atoms with Crippen LogP contribution in [0.5, 0.6) is 0 Å². The van der Waals surface area contributed by atoms with Crippen molar-refractivity contribution in [2.24, 2.45) is 5.41 Å². The number of anilines is 1. The van der Waals surface area contributed by atoms with Crippen molar-refractivity contribution >= 4 is 22.6 Å². The number of rotatable bonds is 5. The third kappa shape index (κ3) is 3.10. The number of benzene rings is 2. The Hall–Kier alpha value is -3.08. The minimum absolute atomic E-state index is 0.398. The predicted octanol–water partition coefficient (Wildman–Crippen LogP) is 4.07. The molecule has 1 saturated carbocycles. The van der Waals surface area contributed by atoms with Gasteiger partial charge < -0.3 is 14.4 Å². The zero-order valence-corrected chi connectivity index (χ0v) is 15.4. The van der Waals surface area contributed by atoms with Gasteiger partial charge in [-0.3, -0.25) is 4.79 Å². The first-order valence-corrected chi connectivity index (χ1v) is 8.98. The fourth-order valence-corrected chi connectivity index (χ4v) is 3.62. The van der Waals surface area contributed by atoms with Gasteiger partial charge in [0.2, 0.25) is 0 Å². The van der Waals surface area contributed by atoms with E-state index in [0.717, 1.165) is 27.8 Å². The first kappa shape index (κ1) is 17.3. The van der Waals surface area contributed by atoms with Crippen molar-refractivity contribution in [3.05, 3.63) is 64.5 Å². The van der Waals surface area contributed by atoms with Crippen molar-refractivity contribution in [3.8, 4) is 11.1 Å². The highest BCUT2D eigenvalue weighted by Crippen LogP contribution is 2.47. The van der Waals surface area contributed by atoms with E-state index in [9.17, 15) is 14.7 Å². The summed E-state index contributed by atoms with van der Waals surface area (Å²) in [5.74, 6) is -0.747. The number of aliphatic carboxylic acids is 1. The first-order valence-electron chi connectivity index (χ1n) is 8.98. The van der Waals surface area contributed by atoms with Gasteiger partial charge in [-0.1, -0.05) is 24.3 Å². The lowest BCUT2D eigenvalue weighted by Crippen LogP contribution is -2.31. The van der Waals surface area contributed by atoms with E-state index in [-0.39, 0.29) is 0 Å². The normalized spacial score (nSPS) is 14.9. The Labute approximate surface area is 156 Å². The molecule has 27 heavy (non-hydrogen) atoms. The molecule has 1 aromatic heterocycles. The third-order valence-electron chi connectivity index (χ3n) is 5.45. The van der Waals surface area contributed by atoms with Gasteiger partial charge in [0, 0.05) is 42.4 Å². The maximum Gasteiger partial charge on any atom is 0.336 e. The van der Waals surface area contributed by atoms with Gasteiger partial charge in [0.1, 0.15) is 5.58 Å². The number of nitrogens with zero attached hydrogens (tertiary/aromatic N) is 1. The topological polar surface area (TPSA) is 70.8 Å². The molecule has 138 valence electrons. The quantitative estimate of drug-likeness (QED) is 0.692. The Bertz CT molecular complexity index is 1090. The van der Waals surface area contributed by atoms with Crippen LogP contribution in [0.3, 0.4) is 0 Å². The molecule has 0 radical (unpaired) electrons. The maximum absolute atomic E-state index is 12.1. The Balaban J connectivity index is 1.77. The summed E-state index contributed by atoms with van der Waals surface area (Å²) >= 11 is 0. The number of hydrogen-bond acceptors (Lipinski definition) is 4. The number of carboxylic acid groups (broad SMARTS) is 1. The van der Waals surface area contributed by atoms with Crippen LogP contribution < -0.4 is 10.5 Å². The molecule has 0 atom stereocenters. The average molecular weight is 363 g/mol.